The number of rotatable bonds is 6. The molecule has 0 N–H and O–H groups in total. The first-order valence-electron chi connectivity index (χ1n) is 7.68. The van der Waals surface area contributed by atoms with E-state index in [2.05, 4.69) is 27.8 Å². The summed E-state index contributed by atoms with van der Waals surface area (Å²) in [6.07, 6.45) is 0.668. The molecule has 0 radical (unpaired) electrons. The second kappa shape index (κ2) is 8.53. The summed E-state index contributed by atoms with van der Waals surface area (Å²) in [5.74, 6) is 0.221. The van der Waals surface area contributed by atoms with E-state index in [4.69, 9.17) is 17.0 Å². The zero-order chi connectivity index (χ0) is 17.7. The van der Waals surface area contributed by atoms with Crippen LogP contribution in [-0.4, -0.2) is 28.5 Å². The Hall–Kier alpha value is -1.53. The second-order valence-corrected chi connectivity index (χ2v) is 6.85. The van der Waals surface area contributed by atoms with Gasteiger partial charge in [0.05, 0.1) is 9.46 Å². The van der Waals surface area contributed by atoms with Gasteiger partial charge in [0.1, 0.15) is 12.4 Å². The highest BCUT2D eigenvalue weighted by atomic mass is 79.9. The van der Waals surface area contributed by atoms with Crippen LogP contribution in [0.3, 0.4) is 0 Å². The number of aromatic nitrogens is 1. The molecule has 0 aliphatic rings. The van der Waals surface area contributed by atoms with Gasteiger partial charge in [0.15, 0.2) is 0 Å². The Bertz CT molecular complexity index is 739. The molecule has 3 nitrogen and oxygen atoms in total. The average molecular weight is 411 g/mol. The van der Waals surface area contributed by atoms with E-state index in [1.807, 2.05) is 31.0 Å². The smallest absolute Gasteiger partial charge is 0.228 e. The SMILES string of the molecule is CCN(C)C(=S)Cc1cc(Br)c(OCc2cccc(F)c2)nc1C. The van der Waals surface area contributed by atoms with Crippen molar-refractivity contribution in [2.75, 3.05) is 13.6 Å². The molecule has 0 saturated heterocycles. The predicted octanol–water partition coefficient (Wildman–Crippen LogP) is 4.69. The van der Waals surface area contributed by atoms with Crippen molar-refractivity contribution in [3.8, 4) is 5.88 Å². The highest BCUT2D eigenvalue weighted by molar-refractivity contribution is 9.10. The van der Waals surface area contributed by atoms with Crippen molar-refractivity contribution in [2.24, 2.45) is 0 Å². The van der Waals surface area contributed by atoms with Crippen molar-refractivity contribution < 1.29 is 9.13 Å². The minimum Gasteiger partial charge on any atom is -0.472 e. The summed E-state index contributed by atoms with van der Waals surface area (Å²) in [5, 5.41) is 0. The van der Waals surface area contributed by atoms with Gasteiger partial charge in [0, 0.05) is 25.7 Å². The minimum atomic E-state index is -0.275. The molecule has 1 heterocycles. The lowest BCUT2D eigenvalue weighted by atomic mass is 10.1. The first kappa shape index (κ1) is 18.8. The number of pyridine rings is 1. The van der Waals surface area contributed by atoms with E-state index in [1.54, 1.807) is 6.07 Å². The van der Waals surface area contributed by atoms with Gasteiger partial charge in [0.25, 0.3) is 0 Å². The summed E-state index contributed by atoms with van der Waals surface area (Å²) in [5.41, 5.74) is 2.70. The number of nitrogens with zero attached hydrogens (tertiary/aromatic N) is 2. The fraction of sp³-hybridized carbons (Fsp3) is 0.333. The van der Waals surface area contributed by atoms with Crippen molar-refractivity contribution in [3.05, 3.63) is 57.4 Å². The maximum atomic E-state index is 13.2. The lowest BCUT2D eigenvalue weighted by molar-refractivity contribution is 0.290. The molecule has 0 aliphatic heterocycles. The lowest BCUT2D eigenvalue weighted by Gasteiger charge is -2.19. The van der Waals surface area contributed by atoms with Crippen molar-refractivity contribution in [1.82, 2.24) is 9.88 Å². The zero-order valence-corrected chi connectivity index (χ0v) is 16.4. The molecule has 2 rings (SSSR count). The molecule has 24 heavy (non-hydrogen) atoms. The van der Waals surface area contributed by atoms with Crippen LogP contribution in [0.1, 0.15) is 23.7 Å². The van der Waals surface area contributed by atoms with E-state index in [0.717, 1.165) is 32.8 Å². The summed E-state index contributed by atoms with van der Waals surface area (Å²) < 4.78 is 19.7. The van der Waals surface area contributed by atoms with Crippen molar-refractivity contribution in [3.63, 3.8) is 0 Å². The van der Waals surface area contributed by atoms with Crippen LogP contribution in [0.4, 0.5) is 4.39 Å². The molecule has 1 aromatic carbocycles. The molecular weight excluding hydrogens is 391 g/mol. The number of aryl methyl sites for hydroxylation is 1. The quantitative estimate of drug-likeness (QED) is 0.644. The minimum absolute atomic E-state index is 0.263. The van der Waals surface area contributed by atoms with Crippen molar-refractivity contribution in [1.29, 1.82) is 0 Å². The van der Waals surface area contributed by atoms with Crippen LogP contribution in [0.2, 0.25) is 0 Å². The molecule has 0 fully saturated rings. The first-order chi connectivity index (χ1) is 11.4. The standard InChI is InChI=1S/C18H20BrFN2OS/c1-4-22(3)17(24)10-14-9-16(19)18(21-12(14)2)23-11-13-6-5-7-15(20)8-13/h5-9H,4,10-11H2,1-3H3. The largest absolute Gasteiger partial charge is 0.472 e. The van der Waals surface area contributed by atoms with Gasteiger partial charge in [-0.1, -0.05) is 24.4 Å². The van der Waals surface area contributed by atoms with E-state index in [-0.39, 0.29) is 12.4 Å². The van der Waals surface area contributed by atoms with Gasteiger partial charge < -0.3 is 9.64 Å². The average Bonchev–Trinajstić information content (AvgIpc) is 2.55. The number of likely N-dealkylation sites (N-methyl/N-ethyl adjacent to an activating group) is 1. The summed E-state index contributed by atoms with van der Waals surface area (Å²) >= 11 is 8.93. The van der Waals surface area contributed by atoms with Crippen molar-refractivity contribution >= 4 is 33.1 Å². The predicted molar refractivity (Wildman–Crippen MR) is 102 cm³/mol. The molecule has 0 saturated carbocycles. The molecule has 2 aromatic rings. The van der Waals surface area contributed by atoms with E-state index < -0.39 is 0 Å². The maximum absolute atomic E-state index is 13.2. The highest BCUT2D eigenvalue weighted by Gasteiger charge is 2.12. The van der Waals surface area contributed by atoms with Gasteiger partial charge in [-0.3, -0.25) is 0 Å². The first-order valence-corrected chi connectivity index (χ1v) is 8.88. The highest BCUT2D eigenvalue weighted by Crippen LogP contribution is 2.26. The van der Waals surface area contributed by atoms with Crippen LogP contribution < -0.4 is 4.74 Å². The Labute approximate surface area is 156 Å². The molecule has 1 aromatic heterocycles. The van der Waals surface area contributed by atoms with E-state index in [0.29, 0.717) is 12.3 Å². The molecule has 0 amide bonds. The summed E-state index contributed by atoms with van der Waals surface area (Å²) in [7, 11) is 1.98. The maximum Gasteiger partial charge on any atom is 0.228 e. The molecule has 0 atom stereocenters. The molecule has 128 valence electrons. The van der Waals surface area contributed by atoms with Gasteiger partial charge in [-0.25, -0.2) is 9.37 Å². The Morgan fingerprint density at radius 1 is 1.38 bits per heavy atom. The molecule has 0 bridgehead atoms. The van der Waals surface area contributed by atoms with Crippen LogP contribution in [0.25, 0.3) is 0 Å². The normalized spacial score (nSPS) is 10.5. The van der Waals surface area contributed by atoms with E-state index in [9.17, 15) is 4.39 Å². The number of hydrogen-bond acceptors (Lipinski definition) is 3. The molecule has 0 unspecified atom stereocenters. The summed E-state index contributed by atoms with van der Waals surface area (Å²) in [6, 6.07) is 8.33. The topological polar surface area (TPSA) is 25.4 Å². The number of ether oxygens (including phenoxy) is 1. The van der Waals surface area contributed by atoms with Crippen LogP contribution in [0.5, 0.6) is 5.88 Å². The second-order valence-electron chi connectivity index (χ2n) is 5.52. The van der Waals surface area contributed by atoms with Gasteiger partial charge in [0.2, 0.25) is 5.88 Å². The number of thiocarbonyl (C=S) groups is 1. The Kier molecular flexibility index (Phi) is 6.69. The van der Waals surface area contributed by atoms with Crippen LogP contribution in [-0.2, 0) is 13.0 Å². The van der Waals surface area contributed by atoms with Crippen LogP contribution in [0, 0.1) is 12.7 Å². The Morgan fingerprint density at radius 3 is 2.79 bits per heavy atom. The molecular formula is C18H20BrFN2OS. The zero-order valence-electron chi connectivity index (χ0n) is 14.0. The van der Waals surface area contributed by atoms with Gasteiger partial charge in [-0.15, -0.1) is 0 Å². The lowest BCUT2D eigenvalue weighted by Crippen LogP contribution is -2.26. The van der Waals surface area contributed by atoms with E-state index >= 15 is 0 Å². The fourth-order valence-corrected chi connectivity index (χ4v) is 2.89. The van der Waals surface area contributed by atoms with E-state index in [1.165, 1.54) is 12.1 Å². The third-order valence-electron chi connectivity index (χ3n) is 3.75. The van der Waals surface area contributed by atoms with Crippen LogP contribution in [0.15, 0.2) is 34.8 Å². The number of hydrogen-bond donors (Lipinski definition) is 0. The molecule has 0 spiro atoms. The van der Waals surface area contributed by atoms with Gasteiger partial charge >= 0.3 is 0 Å². The fourth-order valence-electron chi connectivity index (χ4n) is 2.13. The number of halogens is 2. The molecule has 0 aliphatic carbocycles. The monoisotopic (exact) mass is 410 g/mol. The molecule has 6 heteroatoms. The van der Waals surface area contributed by atoms with Crippen molar-refractivity contribution in [2.45, 2.75) is 26.9 Å². The Morgan fingerprint density at radius 2 is 2.12 bits per heavy atom. The Balaban J connectivity index is 2.10. The summed E-state index contributed by atoms with van der Waals surface area (Å²) in [4.78, 5) is 7.42. The third kappa shape index (κ3) is 4.98. The third-order valence-corrected chi connectivity index (χ3v) is 4.77. The van der Waals surface area contributed by atoms with Gasteiger partial charge in [-0.2, -0.15) is 0 Å². The van der Waals surface area contributed by atoms with Gasteiger partial charge in [-0.05, 0) is 59.1 Å². The number of benzene rings is 1. The summed E-state index contributed by atoms with van der Waals surface area (Å²) in [6.45, 7) is 5.14. The van der Waals surface area contributed by atoms with Crippen LogP contribution >= 0.6 is 28.1 Å².